The molecular weight excluding hydrogens is 380 g/mol. The number of furan rings is 1. The molecule has 6 heteroatoms. The molecule has 0 radical (unpaired) electrons. The van der Waals surface area contributed by atoms with Crippen molar-refractivity contribution in [1.82, 2.24) is 5.43 Å². The zero-order valence-electron chi connectivity index (χ0n) is 17.4. The number of nitrogens with one attached hydrogen (secondary N) is 1. The summed E-state index contributed by atoms with van der Waals surface area (Å²) in [6, 6.07) is 15.8. The van der Waals surface area contributed by atoms with Crippen molar-refractivity contribution in [2.75, 3.05) is 0 Å². The molecule has 0 unspecified atom stereocenters. The number of carbonyl (C=O) groups is 2. The molecule has 0 aliphatic heterocycles. The lowest BCUT2D eigenvalue weighted by molar-refractivity contribution is 0.0734. The van der Waals surface area contributed by atoms with Crippen LogP contribution in [0.5, 0.6) is 5.75 Å². The molecule has 6 nitrogen and oxygen atoms in total. The van der Waals surface area contributed by atoms with Gasteiger partial charge in [-0.15, -0.1) is 0 Å². The van der Waals surface area contributed by atoms with Crippen LogP contribution in [-0.2, 0) is 5.41 Å². The minimum absolute atomic E-state index is 0.0244. The van der Waals surface area contributed by atoms with Gasteiger partial charge in [-0.3, -0.25) is 4.79 Å². The number of amides is 1. The number of hydrogen-bond donors (Lipinski definition) is 1. The van der Waals surface area contributed by atoms with Crippen molar-refractivity contribution in [2.45, 2.75) is 33.1 Å². The van der Waals surface area contributed by atoms with Crippen LogP contribution < -0.4 is 10.2 Å². The molecule has 0 spiro atoms. The van der Waals surface area contributed by atoms with Crippen LogP contribution in [0.1, 0.15) is 58.4 Å². The summed E-state index contributed by atoms with van der Waals surface area (Å²) in [4.78, 5) is 24.3. The zero-order chi connectivity index (χ0) is 21.7. The second kappa shape index (κ2) is 8.78. The van der Waals surface area contributed by atoms with Crippen molar-refractivity contribution >= 4 is 18.1 Å². The van der Waals surface area contributed by atoms with Crippen molar-refractivity contribution < 1.29 is 18.7 Å². The summed E-state index contributed by atoms with van der Waals surface area (Å²) in [5, 5.41) is 3.93. The fraction of sp³-hybridized carbons (Fsp3) is 0.208. The van der Waals surface area contributed by atoms with Crippen molar-refractivity contribution in [3.8, 4) is 5.75 Å². The second-order valence-corrected chi connectivity index (χ2v) is 7.88. The van der Waals surface area contributed by atoms with Crippen LogP contribution >= 0.6 is 0 Å². The van der Waals surface area contributed by atoms with E-state index in [1.807, 2.05) is 12.1 Å². The van der Waals surface area contributed by atoms with E-state index in [1.54, 1.807) is 49.4 Å². The van der Waals surface area contributed by atoms with Gasteiger partial charge in [0.15, 0.2) is 0 Å². The molecular formula is C24H24N2O4. The Morgan fingerprint density at radius 2 is 1.67 bits per heavy atom. The van der Waals surface area contributed by atoms with Crippen LogP contribution in [0.2, 0.25) is 0 Å². The van der Waals surface area contributed by atoms with Gasteiger partial charge < -0.3 is 9.15 Å². The van der Waals surface area contributed by atoms with E-state index < -0.39 is 5.97 Å². The molecule has 0 aliphatic carbocycles. The first-order chi connectivity index (χ1) is 14.2. The van der Waals surface area contributed by atoms with Gasteiger partial charge in [0, 0.05) is 0 Å². The average molecular weight is 404 g/mol. The number of ether oxygens (including phenoxy) is 1. The summed E-state index contributed by atoms with van der Waals surface area (Å²) in [7, 11) is 0. The molecule has 1 amide bonds. The number of carbonyl (C=O) groups excluding carboxylic acids is 2. The third kappa shape index (κ3) is 5.23. The molecule has 1 heterocycles. The minimum atomic E-state index is -0.417. The fourth-order valence-corrected chi connectivity index (χ4v) is 2.74. The number of esters is 1. The highest BCUT2D eigenvalue weighted by Gasteiger charge is 2.15. The molecule has 3 rings (SSSR count). The van der Waals surface area contributed by atoms with Gasteiger partial charge in [0.2, 0.25) is 0 Å². The summed E-state index contributed by atoms with van der Waals surface area (Å²) in [5.74, 6) is 0.192. The Morgan fingerprint density at radius 3 is 2.23 bits per heavy atom. The largest absolute Gasteiger partial charge is 0.469 e. The lowest BCUT2D eigenvalue weighted by Crippen LogP contribution is -2.17. The van der Waals surface area contributed by atoms with Crippen LogP contribution in [0.3, 0.4) is 0 Å². The monoisotopic (exact) mass is 404 g/mol. The molecule has 0 saturated carbocycles. The number of nitrogens with zero attached hydrogens (tertiary/aromatic N) is 1. The highest BCUT2D eigenvalue weighted by atomic mass is 16.5. The Bertz CT molecular complexity index is 1060. The number of rotatable bonds is 5. The van der Waals surface area contributed by atoms with Crippen molar-refractivity contribution in [1.29, 1.82) is 0 Å². The molecule has 1 aromatic heterocycles. The molecule has 2 aromatic carbocycles. The zero-order valence-corrected chi connectivity index (χ0v) is 17.4. The molecule has 0 aliphatic rings. The highest BCUT2D eigenvalue weighted by Crippen LogP contribution is 2.22. The number of benzene rings is 2. The number of aryl methyl sites for hydroxylation is 1. The average Bonchev–Trinajstić information content (AvgIpc) is 3.14. The topological polar surface area (TPSA) is 80.9 Å². The maximum Gasteiger partial charge on any atom is 0.343 e. The smallest absolute Gasteiger partial charge is 0.343 e. The molecule has 0 atom stereocenters. The Hall–Kier alpha value is -3.67. The number of hydrazone groups is 1. The Morgan fingerprint density at radius 1 is 1.00 bits per heavy atom. The maximum atomic E-state index is 12.3. The first kappa shape index (κ1) is 21.0. The molecule has 0 fully saturated rings. The van der Waals surface area contributed by atoms with E-state index in [4.69, 9.17) is 9.15 Å². The SMILES string of the molecule is Cc1occc1C(=O)NN=Cc1ccc(OC(=O)c2ccc(C(C)(C)C)cc2)cc1. The van der Waals surface area contributed by atoms with Crippen molar-refractivity contribution in [2.24, 2.45) is 5.10 Å². The third-order valence-corrected chi connectivity index (χ3v) is 4.56. The van der Waals surface area contributed by atoms with E-state index in [9.17, 15) is 9.59 Å². The van der Waals surface area contributed by atoms with Crippen molar-refractivity contribution in [3.63, 3.8) is 0 Å². The first-order valence-electron chi connectivity index (χ1n) is 9.54. The predicted octanol–water partition coefficient (Wildman–Crippen LogP) is 4.87. The highest BCUT2D eigenvalue weighted by molar-refractivity contribution is 5.95. The summed E-state index contributed by atoms with van der Waals surface area (Å²) < 4.78 is 10.5. The van der Waals surface area contributed by atoms with E-state index in [0.29, 0.717) is 22.6 Å². The quantitative estimate of drug-likeness (QED) is 0.285. The van der Waals surface area contributed by atoms with Gasteiger partial charge >= 0.3 is 5.97 Å². The number of hydrogen-bond acceptors (Lipinski definition) is 5. The van der Waals surface area contributed by atoms with Crippen LogP contribution in [0, 0.1) is 6.92 Å². The molecule has 3 aromatic rings. The molecule has 0 bridgehead atoms. The molecule has 154 valence electrons. The van der Waals surface area contributed by atoms with E-state index in [1.165, 1.54) is 12.5 Å². The normalized spacial score (nSPS) is 11.5. The van der Waals surface area contributed by atoms with Gasteiger partial charge in [0.25, 0.3) is 5.91 Å². The van der Waals surface area contributed by atoms with Crippen LogP contribution in [0.15, 0.2) is 70.4 Å². The maximum absolute atomic E-state index is 12.3. The molecule has 1 N–H and O–H groups in total. The van der Waals surface area contributed by atoms with E-state index in [2.05, 4.69) is 31.3 Å². The second-order valence-electron chi connectivity index (χ2n) is 7.88. The van der Waals surface area contributed by atoms with Gasteiger partial charge in [0.1, 0.15) is 11.5 Å². The lowest BCUT2D eigenvalue weighted by Gasteiger charge is -2.18. The van der Waals surface area contributed by atoms with Crippen LogP contribution in [0.4, 0.5) is 0 Å². The lowest BCUT2D eigenvalue weighted by atomic mass is 9.87. The van der Waals surface area contributed by atoms with E-state index >= 15 is 0 Å². The Labute approximate surface area is 175 Å². The van der Waals surface area contributed by atoms with Gasteiger partial charge in [-0.05, 0) is 65.9 Å². The molecule has 30 heavy (non-hydrogen) atoms. The summed E-state index contributed by atoms with van der Waals surface area (Å²) >= 11 is 0. The third-order valence-electron chi connectivity index (χ3n) is 4.56. The molecule has 0 saturated heterocycles. The van der Waals surface area contributed by atoms with Crippen LogP contribution in [-0.4, -0.2) is 18.1 Å². The fourth-order valence-electron chi connectivity index (χ4n) is 2.74. The van der Waals surface area contributed by atoms with E-state index in [-0.39, 0.29) is 11.3 Å². The van der Waals surface area contributed by atoms with Crippen molar-refractivity contribution in [3.05, 3.63) is 88.9 Å². The predicted molar refractivity (Wildman–Crippen MR) is 115 cm³/mol. The first-order valence-corrected chi connectivity index (χ1v) is 9.54. The van der Waals surface area contributed by atoms with E-state index in [0.717, 1.165) is 11.1 Å². The minimum Gasteiger partial charge on any atom is -0.469 e. The van der Waals surface area contributed by atoms with Gasteiger partial charge in [-0.2, -0.15) is 5.10 Å². The summed E-state index contributed by atoms with van der Waals surface area (Å²) in [5.41, 5.74) is 5.29. The Balaban J connectivity index is 1.57. The summed E-state index contributed by atoms with van der Waals surface area (Å²) in [6.45, 7) is 8.07. The summed E-state index contributed by atoms with van der Waals surface area (Å²) in [6.07, 6.45) is 2.96. The van der Waals surface area contributed by atoms with Gasteiger partial charge in [0.05, 0.1) is 23.6 Å². The Kier molecular flexibility index (Phi) is 6.16. The standard InChI is InChI=1S/C24H24N2O4/c1-16-21(13-14-29-16)22(27)26-25-15-17-5-11-20(12-6-17)30-23(28)18-7-9-19(10-8-18)24(2,3)4/h5-15H,1-4H3,(H,26,27). The van der Waals surface area contributed by atoms with Gasteiger partial charge in [-0.1, -0.05) is 32.9 Å². The van der Waals surface area contributed by atoms with Crippen LogP contribution in [0.25, 0.3) is 0 Å². The van der Waals surface area contributed by atoms with Gasteiger partial charge in [-0.25, -0.2) is 10.2 Å².